The Kier molecular flexibility index (Phi) is 7.26. The van der Waals surface area contributed by atoms with Gasteiger partial charge in [-0.1, -0.05) is 72.8 Å². The first-order valence-electron chi connectivity index (χ1n) is 12.7. The second-order valence-corrected chi connectivity index (χ2v) is 9.73. The molecular weight excluding hydrogens is 452 g/mol. The molecular formula is C31H30O5. The predicted octanol–water partition coefficient (Wildman–Crippen LogP) is 5.47. The minimum absolute atomic E-state index is 0.00325. The Morgan fingerprint density at radius 3 is 2.08 bits per heavy atom. The van der Waals surface area contributed by atoms with Crippen molar-refractivity contribution in [3.8, 4) is 0 Å². The third-order valence-corrected chi connectivity index (χ3v) is 7.35. The van der Waals surface area contributed by atoms with E-state index in [1.54, 1.807) is 12.1 Å². The lowest BCUT2D eigenvalue weighted by Crippen LogP contribution is -2.24. The van der Waals surface area contributed by atoms with Gasteiger partial charge in [-0.2, -0.15) is 0 Å². The van der Waals surface area contributed by atoms with Crippen LogP contribution in [0.4, 0.5) is 0 Å². The summed E-state index contributed by atoms with van der Waals surface area (Å²) in [7, 11) is 0. The van der Waals surface area contributed by atoms with Crippen LogP contribution >= 0.6 is 0 Å². The second kappa shape index (κ2) is 10.9. The maximum Gasteiger partial charge on any atom is 0.338 e. The molecule has 0 amide bonds. The summed E-state index contributed by atoms with van der Waals surface area (Å²) in [4.78, 5) is 37.1. The minimum Gasteiger partial charge on any atom is -0.462 e. The third-order valence-electron chi connectivity index (χ3n) is 7.35. The summed E-state index contributed by atoms with van der Waals surface area (Å²) in [5, 5.41) is 0. The van der Waals surface area contributed by atoms with E-state index in [0.717, 1.165) is 17.5 Å². The molecule has 5 rings (SSSR count). The zero-order valence-electron chi connectivity index (χ0n) is 20.2. The number of benzene rings is 3. The smallest absolute Gasteiger partial charge is 0.338 e. The van der Waals surface area contributed by atoms with Crippen molar-refractivity contribution in [2.75, 3.05) is 0 Å². The van der Waals surface area contributed by atoms with Gasteiger partial charge in [-0.15, -0.1) is 0 Å². The lowest BCUT2D eigenvalue weighted by molar-refractivity contribution is -0.141. The fraction of sp³-hybridized carbons (Fsp3) is 0.323. The van der Waals surface area contributed by atoms with Crippen LogP contribution < -0.4 is 0 Å². The Morgan fingerprint density at radius 2 is 1.42 bits per heavy atom. The summed E-state index contributed by atoms with van der Waals surface area (Å²) in [6.07, 6.45) is 2.80. The van der Waals surface area contributed by atoms with Gasteiger partial charge >= 0.3 is 11.9 Å². The summed E-state index contributed by atoms with van der Waals surface area (Å²) in [6.45, 7) is 0. The zero-order chi connectivity index (χ0) is 24.9. The monoisotopic (exact) mass is 482 g/mol. The number of carbonyl (C=O) groups is 3. The minimum atomic E-state index is -0.359. The molecule has 3 aromatic rings. The first kappa shape index (κ1) is 24.0. The normalized spacial score (nSPS) is 22.6. The van der Waals surface area contributed by atoms with Crippen LogP contribution in [-0.4, -0.2) is 29.9 Å². The number of Topliss-reactive ketones (excluding diaryl/α,β-unsaturated/α-hetero) is 1. The van der Waals surface area contributed by atoms with E-state index in [9.17, 15) is 14.4 Å². The van der Waals surface area contributed by atoms with Gasteiger partial charge in [0.05, 0.1) is 12.0 Å². The number of ketones is 1. The Hall–Kier alpha value is -3.73. The Morgan fingerprint density at radius 1 is 0.806 bits per heavy atom. The van der Waals surface area contributed by atoms with E-state index in [1.165, 1.54) is 5.56 Å². The number of hydrogen-bond donors (Lipinski definition) is 0. The van der Waals surface area contributed by atoms with Crippen molar-refractivity contribution < 1.29 is 23.9 Å². The number of carbonyl (C=O) groups excluding carboxylic acids is 3. The molecule has 1 aliphatic carbocycles. The highest BCUT2D eigenvalue weighted by Crippen LogP contribution is 2.48. The number of esters is 2. The highest BCUT2D eigenvalue weighted by Gasteiger charge is 2.52. The standard InChI is InChI=1S/C31H30O5/c32-25(17-13-21-7-3-1-4-8-21)18-14-22-11-15-23(16-12-22)30-26-19-29(33)35-27(26)20-28(30)36-31(34)24-9-5-2-6-10-24/h1-12,15-16,26-28,30H,13-14,17-20H2/t26-,27?,28?,30?/m0/s1. The van der Waals surface area contributed by atoms with E-state index in [1.807, 2.05) is 72.8 Å². The van der Waals surface area contributed by atoms with Crippen molar-refractivity contribution in [3.63, 3.8) is 0 Å². The third kappa shape index (κ3) is 5.56. The van der Waals surface area contributed by atoms with Crippen LogP contribution in [0.2, 0.25) is 0 Å². The van der Waals surface area contributed by atoms with Gasteiger partial charge in [0.25, 0.3) is 0 Å². The SMILES string of the molecule is O=C(CCc1ccccc1)CCc1ccc(C2C(OC(=O)c3ccccc3)CC3OC(=O)C[C@@H]32)cc1. The number of aryl methyl sites for hydroxylation is 2. The fourth-order valence-electron chi connectivity index (χ4n) is 5.47. The molecule has 36 heavy (non-hydrogen) atoms. The lowest BCUT2D eigenvalue weighted by Gasteiger charge is -2.24. The molecule has 0 N–H and O–H groups in total. The average Bonchev–Trinajstić information content (AvgIpc) is 3.42. The van der Waals surface area contributed by atoms with Crippen LogP contribution in [0.5, 0.6) is 0 Å². The second-order valence-electron chi connectivity index (χ2n) is 9.73. The first-order valence-corrected chi connectivity index (χ1v) is 12.7. The van der Waals surface area contributed by atoms with Crippen LogP contribution in [0.15, 0.2) is 84.9 Å². The molecule has 5 nitrogen and oxygen atoms in total. The van der Waals surface area contributed by atoms with E-state index in [-0.39, 0.29) is 41.8 Å². The lowest BCUT2D eigenvalue weighted by atomic mass is 9.85. The van der Waals surface area contributed by atoms with Crippen molar-refractivity contribution >= 4 is 17.7 Å². The fourth-order valence-corrected chi connectivity index (χ4v) is 5.47. The average molecular weight is 483 g/mol. The molecule has 1 saturated carbocycles. The molecule has 0 aromatic heterocycles. The quantitative estimate of drug-likeness (QED) is 0.379. The van der Waals surface area contributed by atoms with Crippen molar-refractivity contribution in [1.82, 2.24) is 0 Å². The van der Waals surface area contributed by atoms with Crippen LogP contribution in [0.1, 0.15) is 58.6 Å². The van der Waals surface area contributed by atoms with E-state index in [4.69, 9.17) is 9.47 Å². The van der Waals surface area contributed by atoms with Gasteiger partial charge < -0.3 is 9.47 Å². The molecule has 1 saturated heterocycles. The van der Waals surface area contributed by atoms with E-state index in [0.29, 0.717) is 37.7 Å². The summed E-state index contributed by atoms with van der Waals surface area (Å²) in [5.74, 6) is -0.390. The van der Waals surface area contributed by atoms with Crippen LogP contribution in [0.25, 0.3) is 0 Å². The van der Waals surface area contributed by atoms with Gasteiger partial charge in [0.15, 0.2) is 0 Å². The van der Waals surface area contributed by atoms with E-state index in [2.05, 4.69) is 0 Å². The number of fused-ring (bicyclic) bond motifs is 1. The molecule has 1 heterocycles. The molecule has 5 heteroatoms. The largest absolute Gasteiger partial charge is 0.462 e. The summed E-state index contributed by atoms with van der Waals surface area (Å²) in [5.41, 5.74) is 3.82. The molecule has 0 bridgehead atoms. The molecule has 3 aromatic carbocycles. The summed E-state index contributed by atoms with van der Waals surface area (Å²) < 4.78 is 11.5. The van der Waals surface area contributed by atoms with Crippen molar-refractivity contribution in [2.24, 2.45) is 5.92 Å². The van der Waals surface area contributed by atoms with Crippen LogP contribution in [0, 0.1) is 5.92 Å². The van der Waals surface area contributed by atoms with Gasteiger partial charge in [-0.05, 0) is 41.7 Å². The maximum atomic E-state index is 12.7. The van der Waals surface area contributed by atoms with Crippen LogP contribution in [-0.2, 0) is 31.9 Å². The highest BCUT2D eigenvalue weighted by molar-refractivity contribution is 5.89. The van der Waals surface area contributed by atoms with Crippen LogP contribution in [0.3, 0.4) is 0 Å². The Balaban J connectivity index is 1.22. The van der Waals surface area contributed by atoms with Gasteiger partial charge in [0, 0.05) is 31.1 Å². The molecule has 184 valence electrons. The van der Waals surface area contributed by atoms with Gasteiger partial charge in [0.1, 0.15) is 18.0 Å². The Labute approximate surface area is 211 Å². The number of hydrogen-bond acceptors (Lipinski definition) is 5. The number of rotatable bonds is 9. The summed E-state index contributed by atoms with van der Waals surface area (Å²) >= 11 is 0. The van der Waals surface area contributed by atoms with Gasteiger partial charge in [0.2, 0.25) is 0 Å². The van der Waals surface area contributed by atoms with Crippen molar-refractivity contribution in [1.29, 1.82) is 0 Å². The zero-order valence-corrected chi connectivity index (χ0v) is 20.2. The number of ether oxygens (including phenoxy) is 2. The van der Waals surface area contributed by atoms with Crippen molar-refractivity contribution in [2.45, 2.75) is 56.7 Å². The Bertz CT molecular complexity index is 1200. The molecule has 4 atom stereocenters. The first-order chi connectivity index (χ1) is 17.6. The van der Waals surface area contributed by atoms with Gasteiger partial charge in [-0.25, -0.2) is 4.79 Å². The molecule has 1 aliphatic heterocycles. The maximum absolute atomic E-state index is 12.7. The molecule has 0 spiro atoms. The highest BCUT2D eigenvalue weighted by atomic mass is 16.6. The summed E-state index contributed by atoms with van der Waals surface area (Å²) in [6, 6.07) is 27.2. The topological polar surface area (TPSA) is 69.7 Å². The predicted molar refractivity (Wildman–Crippen MR) is 136 cm³/mol. The molecule has 2 fully saturated rings. The molecule has 2 aliphatic rings. The van der Waals surface area contributed by atoms with E-state index >= 15 is 0 Å². The van der Waals surface area contributed by atoms with Gasteiger partial charge in [-0.3, -0.25) is 9.59 Å². The van der Waals surface area contributed by atoms with E-state index < -0.39 is 0 Å². The molecule has 3 unspecified atom stereocenters. The molecule has 0 radical (unpaired) electrons. The van der Waals surface area contributed by atoms with Crippen molar-refractivity contribution in [3.05, 3.63) is 107 Å².